The van der Waals surface area contributed by atoms with Crippen LogP contribution in [0, 0.1) is 11.8 Å². The summed E-state index contributed by atoms with van der Waals surface area (Å²) in [6.45, 7) is 7.64. The van der Waals surface area contributed by atoms with Crippen molar-refractivity contribution in [1.82, 2.24) is 0 Å². The molecule has 0 radical (unpaired) electrons. The van der Waals surface area contributed by atoms with E-state index in [0.29, 0.717) is 31.4 Å². The molecule has 0 aliphatic carbocycles. The molecule has 1 atom stereocenters. The molecular weight excluding hydrogens is 264 g/mol. The van der Waals surface area contributed by atoms with Crippen molar-refractivity contribution in [3.63, 3.8) is 0 Å². The van der Waals surface area contributed by atoms with Gasteiger partial charge in [0.1, 0.15) is 5.75 Å². The van der Waals surface area contributed by atoms with Crippen LogP contribution >= 0.6 is 0 Å². The fourth-order valence-corrected chi connectivity index (χ4v) is 2.37. The van der Waals surface area contributed by atoms with Crippen LogP contribution in [0.3, 0.4) is 0 Å². The summed E-state index contributed by atoms with van der Waals surface area (Å²) in [5.41, 5.74) is 6.43. The Bertz CT molecular complexity index is 415. The fourth-order valence-electron chi connectivity index (χ4n) is 2.37. The summed E-state index contributed by atoms with van der Waals surface area (Å²) in [5.74, 6) is 1.95. The van der Waals surface area contributed by atoms with E-state index in [1.54, 1.807) is 0 Å². The Morgan fingerprint density at radius 2 is 1.90 bits per heavy atom. The summed E-state index contributed by atoms with van der Waals surface area (Å²) < 4.78 is 5.37. The number of amides is 1. The second kappa shape index (κ2) is 9.40. The van der Waals surface area contributed by atoms with Crippen molar-refractivity contribution in [2.24, 2.45) is 17.6 Å². The van der Waals surface area contributed by atoms with Gasteiger partial charge in [-0.05, 0) is 62.4 Å². The number of nitrogens with one attached hydrogen (secondary N) is 1. The van der Waals surface area contributed by atoms with Gasteiger partial charge in [-0.15, -0.1) is 0 Å². The highest BCUT2D eigenvalue weighted by Crippen LogP contribution is 2.21. The Morgan fingerprint density at radius 1 is 1.24 bits per heavy atom. The molecule has 1 aromatic carbocycles. The molecule has 4 heteroatoms. The number of hydrogen-bond acceptors (Lipinski definition) is 3. The lowest BCUT2D eigenvalue weighted by Crippen LogP contribution is -2.18. The summed E-state index contributed by atoms with van der Waals surface area (Å²) in [5, 5.41) is 2.92. The first-order valence-corrected chi connectivity index (χ1v) is 7.79. The molecule has 0 heterocycles. The normalized spacial score (nSPS) is 12.2. The number of benzene rings is 1. The van der Waals surface area contributed by atoms with Gasteiger partial charge in [0.05, 0.1) is 6.61 Å². The van der Waals surface area contributed by atoms with E-state index < -0.39 is 0 Å². The van der Waals surface area contributed by atoms with E-state index in [9.17, 15) is 4.79 Å². The average molecular weight is 292 g/mol. The summed E-state index contributed by atoms with van der Waals surface area (Å²) >= 11 is 0. The molecule has 0 aliphatic rings. The molecule has 1 unspecified atom stereocenters. The first kappa shape index (κ1) is 17.5. The van der Waals surface area contributed by atoms with Crippen LogP contribution in [0.4, 0.5) is 5.69 Å². The Balaban J connectivity index is 2.42. The highest BCUT2D eigenvalue weighted by molar-refractivity contribution is 5.90. The van der Waals surface area contributed by atoms with E-state index in [1.165, 1.54) is 0 Å². The van der Waals surface area contributed by atoms with Gasteiger partial charge < -0.3 is 15.8 Å². The van der Waals surface area contributed by atoms with Crippen LogP contribution in [0.15, 0.2) is 24.3 Å². The first-order valence-electron chi connectivity index (χ1n) is 7.79. The molecule has 21 heavy (non-hydrogen) atoms. The molecule has 1 rings (SSSR count). The molecule has 1 amide bonds. The van der Waals surface area contributed by atoms with Crippen molar-refractivity contribution in [3.8, 4) is 5.75 Å². The molecule has 0 saturated heterocycles. The lowest BCUT2D eigenvalue weighted by molar-refractivity contribution is -0.116. The van der Waals surface area contributed by atoms with E-state index in [0.717, 1.165) is 24.3 Å². The molecule has 0 fully saturated rings. The molecule has 1 aromatic rings. The second-order valence-corrected chi connectivity index (χ2v) is 5.63. The number of rotatable bonds is 9. The van der Waals surface area contributed by atoms with Crippen LogP contribution < -0.4 is 15.8 Å². The van der Waals surface area contributed by atoms with Crippen LogP contribution in [-0.4, -0.2) is 19.1 Å². The van der Waals surface area contributed by atoms with Crippen LogP contribution in [0.1, 0.15) is 40.0 Å². The minimum absolute atomic E-state index is 0.0573. The summed E-state index contributed by atoms with van der Waals surface area (Å²) in [6.07, 6.45) is 2.40. The van der Waals surface area contributed by atoms with E-state index in [2.05, 4.69) is 19.2 Å². The third-order valence-electron chi connectivity index (χ3n) is 3.67. The Hall–Kier alpha value is -1.55. The maximum absolute atomic E-state index is 12.0. The average Bonchev–Trinajstić information content (AvgIpc) is 2.45. The zero-order valence-corrected chi connectivity index (χ0v) is 13.4. The van der Waals surface area contributed by atoms with E-state index in [4.69, 9.17) is 10.5 Å². The maximum atomic E-state index is 12.0. The first-order chi connectivity index (χ1) is 10.1. The summed E-state index contributed by atoms with van der Waals surface area (Å²) in [7, 11) is 0. The Kier molecular flexibility index (Phi) is 7.83. The van der Waals surface area contributed by atoms with Gasteiger partial charge in [-0.2, -0.15) is 0 Å². The quantitative estimate of drug-likeness (QED) is 0.733. The number of hydrogen-bond donors (Lipinski definition) is 2. The third kappa shape index (κ3) is 6.63. The van der Waals surface area contributed by atoms with E-state index in [-0.39, 0.29) is 5.91 Å². The second-order valence-electron chi connectivity index (χ2n) is 5.63. The van der Waals surface area contributed by atoms with Crippen LogP contribution in [-0.2, 0) is 4.79 Å². The highest BCUT2D eigenvalue weighted by Gasteiger charge is 2.14. The lowest BCUT2D eigenvalue weighted by atomic mass is 9.88. The lowest BCUT2D eigenvalue weighted by Gasteiger charge is -2.19. The number of anilines is 1. The van der Waals surface area contributed by atoms with Crippen LogP contribution in [0.5, 0.6) is 5.75 Å². The SMILES string of the molecule is CCOc1ccc(NC(=O)CCC(CCN)C(C)C)cc1. The van der Waals surface area contributed by atoms with Gasteiger partial charge in [-0.25, -0.2) is 0 Å². The van der Waals surface area contributed by atoms with Crippen molar-refractivity contribution in [3.05, 3.63) is 24.3 Å². The smallest absolute Gasteiger partial charge is 0.224 e. The molecule has 0 aromatic heterocycles. The zero-order chi connectivity index (χ0) is 15.7. The number of nitrogens with two attached hydrogens (primary N) is 1. The topological polar surface area (TPSA) is 64.3 Å². The molecule has 0 bridgehead atoms. The molecule has 3 N–H and O–H groups in total. The molecule has 0 spiro atoms. The van der Waals surface area contributed by atoms with Gasteiger partial charge in [-0.1, -0.05) is 13.8 Å². The molecular formula is C17H28N2O2. The fraction of sp³-hybridized carbons (Fsp3) is 0.588. The highest BCUT2D eigenvalue weighted by atomic mass is 16.5. The number of carbonyl (C=O) groups excluding carboxylic acids is 1. The predicted molar refractivity (Wildman–Crippen MR) is 87.5 cm³/mol. The van der Waals surface area contributed by atoms with Crippen molar-refractivity contribution in [2.75, 3.05) is 18.5 Å². The van der Waals surface area contributed by atoms with Crippen molar-refractivity contribution < 1.29 is 9.53 Å². The molecule has 0 aliphatic heterocycles. The van der Waals surface area contributed by atoms with Gasteiger partial charge in [0, 0.05) is 12.1 Å². The summed E-state index contributed by atoms with van der Waals surface area (Å²) in [6, 6.07) is 7.46. The standard InChI is InChI=1S/C17H28N2O2/c1-4-21-16-8-6-15(7-9-16)19-17(20)10-5-14(11-12-18)13(2)3/h6-9,13-14H,4-5,10-12,18H2,1-3H3,(H,19,20). The minimum atomic E-state index is 0.0573. The zero-order valence-electron chi connectivity index (χ0n) is 13.4. The van der Waals surface area contributed by atoms with Crippen molar-refractivity contribution in [1.29, 1.82) is 0 Å². The largest absolute Gasteiger partial charge is 0.494 e. The van der Waals surface area contributed by atoms with Crippen LogP contribution in [0.25, 0.3) is 0 Å². The van der Waals surface area contributed by atoms with Crippen molar-refractivity contribution >= 4 is 11.6 Å². The summed E-state index contributed by atoms with van der Waals surface area (Å²) in [4.78, 5) is 12.0. The van der Waals surface area contributed by atoms with Gasteiger partial charge in [-0.3, -0.25) is 4.79 Å². The monoisotopic (exact) mass is 292 g/mol. The van der Waals surface area contributed by atoms with Gasteiger partial charge in [0.15, 0.2) is 0 Å². The number of ether oxygens (including phenoxy) is 1. The van der Waals surface area contributed by atoms with Gasteiger partial charge in [0.25, 0.3) is 0 Å². The van der Waals surface area contributed by atoms with Crippen LogP contribution in [0.2, 0.25) is 0 Å². The third-order valence-corrected chi connectivity index (χ3v) is 3.67. The van der Waals surface area contributed by atoms with E-state index in [1.807, 2.05) is 31.2 Å². The minimum Gasteiger partial charge on any atom is -0.494 e. The van der Waals surface area contributed by atoms with Gasteiger partial charge >= 0.3 is 0 Å². The Labute approximate surface area is 128 Å². The van der Waals surface area contributed by atoms with Crippen molar-refractivity contribution in [2.45, 2.75) is 40.0 Å². The van der Waals surface area contributed by atoms with Gasteiger partial charge in [0.2, 0.25) is 5.91 Å². The predicted octanol–water partition coefficient (Wildman–Crippen LogP) is 3.43. The Morgan fingerprint density at radius 3 is 2.43 bits per heavy atom. The maximum Gasteiger partial charge on any atom is 0.224 e. The molecule has 118 valence electrons. The molecule has 0 saturated carbocycles. The number of carbonyl (C=O) groups is 1. The molecule has 4 nitrogen and oxygen atoms in total. The van der Waals surface area contributed by atoms with E-state index >= 15 is 0 Å².